The Balaban J connectivity index is 1.14. The zero-order valence-corrected chi connectivity index (χ0v) is 37.7. The first kappa shape index (κ1) is 38.7. The maximum Gasteiger partial charge on any atom is 0.164 e. The van der Waals surface area contributed by atoms with Crippen molar-refractivity contribution < 1.29 is 0 Å². The van der Waals surface area contributed by atoms with Crippen LogP contribution in [0.25, 0.3) is 67.2 Å². The van der Waals surface area contributed by atoms with Gasteiger partial charge < -0.3 is 0 Å². The van der Waals surface area contributed by atoms with Crippen molar-refractivity contribution in [1.29, 1.82) is 0 Å². The molecule has 0 spiro atoms. The molecule has 1 aliphatic carbocycles. The molecule has 0 amide bonds. The second kappa shape index (κ2) is 14.9. The zero-order chi connectivity index (χ0) is 41.9. The minimum absolute atomic E-state index is 0.515. The lowest BCUT2D eigenvalue weighted by molar-refractivity contribution is 0.770. The Morgan fingerprint density at radius 2 is 0.754 bits per heavy atom. The van der Waals surface area contributed by atoms with Crippen LogP contribution in [-0.4, -0.2) is 31.1 Å². The van der Waals surface area contributed by atoms with Gasteiger partial charge in [0.25, 0.3) is 0 Å². The van der Waals surface area contributed by atoms with Crippen LogP contribution < -0.4 is 10.4 Å². The van der Waals surface area contributed by atoms with Crippen molar-refractivity contribution in [3.8, 4) is 56.4 Å². The van der Waals surface area contributed by atoms with Crippen molar-refractivity contribution >= 4 is 37.3 Å². The number of aromatic nitrogens is 3. The van der Waals surface area contributed by atoms with Crippen molar-refractivity contribution in [2.24, 2.45) is 0 Å². The molecule has 1 heterocycles. The fraction of sp³-hybridized carbons (Fsp3) is 0.125. The number of rotatable bonds is 8. The summed E-state index contributed by atoms with van der Waals surface area (Å²) in [5, 5.41) is 5.31. The molecule has 0 bridgehead atoms. The van der Waals surface area contributed by atoms with Crippen LogP contribution in [0.1, 0.15) is 22.3 Å². The number of nitrogens with zero attached hydrogens (tertiary/aromatic N) is 3. The molecule has 0 saturated heterocycles. The number of fused-ring (bicyclic) bond motifs is 4. The first-order valence-corrected chi connectivity index (χ1v) is 28.3. The average Bonchev–Trinajstić information content (AvgIpc) is 3.57. The molecule has 0 saturated carbocycles. The monoisotopic (exact) mass is 819 g/mol. The molecule has 5 heteroatoms. The fourth-order valence-electron chi connectivity index (χ4n) is 9.19. The lowest BCUT2D eigenvalue weighted by atomic mass is 9.67. The third-order valence-corrected chi connectivity index (χ3v) is 16.7. The summed E-state index contributed by atoms with van der Waals surface area (Å²) in [4.78, 5) is 15.5. The van der Waals surface area contributed by atoms with E-state index in [0.29, 0.717) is 17.5 Å². The molecule has 3 nitrogen and oxygen atoms in total. The van der Waals surface area contributed by atoms with Crippen LogP contribution in [0.2, 0.25) is 39.3 Å². The minimum Gasteiger partial charge on any atom is -0.208 e. The summed E-state index contributed by atoms with van der Waals surface area (Å²) >= 11 is 0. The molecular formula is C56H49N3Si2. The SMILES string of the molecule is C[Si](C)(C)c1ccc(-c2nc(-c3ccc([Si](C)(C)C)cc3)nc(-c3cccc(-c4ccc5c(c4)C(c4ccccc4)(c4ccccc4)c4cc6ccccc6cc4-5)c3)n2)cc1. The lowest BCUT2D eigenvalue weighted by Gasteiger charge is -2.34. The van der Waals surface area contributed by atoms with Gasteiger partial charge in [-0.3, -0.25) is 0 Å². The highest BCUT2D eigenvalue weighted by molar-refractivity contribution is 6.89. The molecular weight excluding hydrogens is 771 g/mol. The molecule has 0 unspecified atom stereocenters. The van der Waals surface area contributed by atoms with Crippen LogP contribution in [0.15, 0.2) is 188 Å². The van der Waals surface area contributed by atoms with Crippen molar-refractivity contribution in [1.82, 2.24) is 15.0 Å². The Labute approximate surface area is 361 Å². The van der Waals surface area contributed by atoms with E-state index in [9.17, 15) is 0 Å². The summed E-state index contributed by atoms with van der Waals surface area (Å²) in [7, 11) is -2.96. The summed E-state index contributed by atoms with van der Waals surface area (Å²) < 4.78 is 0. The molecule has 0 aliphatic heterocycles. The second-order valence-electron chi connectivity index (χ2n) is 18.5. The lowest BCUT2D eigenvalue weighted by Crippen LogP contribution is -2.37. The van der Waals surface area contributed by atoms with Gasteiger partial charge in [-0.1, -0.05) is 213 Å². The van der Waals surface area contributed by atoms with Crippen molar-refractivity contribution in [3.05, 3.63) is 210 Å². The second-order valence-corrected chi connectivity index (χ2v) is 28.7. The summed E-state index contributed by atoms with van der Waals surface area (Å²) in [5.74, 6) is 2.02. The molecule has 1 aliphatic rings. The predicted octanol–water partition coefficient (Wildman–Crippen LogP) is 13.1. The van der Waals surface area contributed by atoms with Crippen LogP contribution in [-0.2, 0) is 5.41 Å². The summed E-state index contributed by atoms with van der Waals surface area (Å²) in [6.45, 7) is 14.3. The van der Waals surface area contributed by atoms with Crippen LogP contribution in [0.3, 0.4) is 0 Å². The third kappa shape index (κ3) is 6.88. The van der Waals surface area contributed by atoms with Crippen LogP contribution >= 0.6 is 0 Å². The van der Waals surface area contributed by atoms with Crippen molar-refractivity contribution in [2.75, 3.05) is 0 Å². The number of benzene rings is 8. The van der Waals surface area contributed by atoms with E-state index < -0.39 is 21.6 Å². The van der Waals surface area contributed by atoms with E-state index in [1.54, 1.807) is 0 Å². The maximum absolute atomic E-state index is 5.19. The third-order valence-electron chi connectivity index (χ3n) is 12.5. The molecule has 296 valence electrons. The van der Waals surface area contributed by atoms with E-state index in [1.807, 2.05) is 0 Å². The van der Waals surface area contributed by atoms with E-state index >= 15 is 0 Å². The zero-order valence-electron chi connectivity index (χ0n) is 35.7. The summed E-state index contributed by atoms with van der Waals surface area (Å²) in [6, 6.07) is 69.2. The number of hydrogen-bond donors (Lipinski definition) is 0. The van der Waals surface area contributed by atoms with Gasteiger partial charge in [-0.15, -0.1) is 0 Å². The van der Waals surface area contributed by atoms with Crippen LogP contribution in [0, 0.1) is 0 Å². The first-order valence-electron chi connectivity index (χ1n) is 21.3. The van der Waals surface area contributed by atoms with E-state index in [4.69, 9.17) is 15.0 Å². The topological polar surface area (TPSA) is 38.7 Å². The molecule has 1 aromatic heterocycles. The highest BCUT2D eigenvalue weighted by Gasteiger charge is 2.46. The van der Waals surface area contributed by atoms with Crippen molar-refractivity contribution in [2.45, 2.75) is 44.7 Å². The van der Waals surface area contributed by atoms with Gasteiger partial charge in [-0.2, -0.15) is 0 Å². The molecule has 0 radical (unpaired) electrons. The predicted molar refractivity (Wildman–Crippen MR) is 262 cm³/mol. The minimum atomic E-state index is -1.48. The standard InChI is InChI=1S/C56H49N3Si2/c1-60(2,3)47-29-24-38(25-30-47)53-57-54(39-26-31-48(32-27-39)61(4,5)6)59-55(58-53)44-19-15-18-40(34-44)43-28-33-49-50-35-41-16-13-14-17-42(41)36-52(50)56(51(49)37-43,45-20-9-7-10-21-45)46-22-11-8-12-23-46/h7-37H,1-6H3. The van der Waals surface area contributed by atoms with Crippen molar-refractivity contribution in [3.63, 3.8) is 0 Å². The molecule has 0 atom stereocenters. The van der Waals surface area contributed by atoms with Crippen LogP contribution in [0.5, 0.6) is 0 Å². The molecule has 9 aromatic rings. The van der Waals surface area contributed by atoms with Gasteiger partial charge in [0, 0.05) is 16.7 Å². The van der Waals surface area contributed by atoms with Gasteiger partial charge in [0.05, 0.1) is 21.6 Å². The van der Waals surface area contributed by atoms with Gasteiger partial charge in [0.2, 0.25) is 0 Å². The van der Waals surface area contributed by atoms with Gasteiger partial charge in [-0.05, 0) is 79.5 Å². The van der Waals surface area contributed by atoms with E-state index in [0.717, 1.165) is 27.8 Å². The Kier molecular flexibility index (Phi) is 9.43. The van der Waals surface area contributed by atoms with Crippen LogP contribution in [0.4, 0.5) is 0 Å². The highest BCUT2D eigenvalue weighted by atomic mass is 28.3. The Morgan fingerprint density at radius 3 is 1.28 bits per heavy atom. The summed E-state index contributed by atoms with van der Waals surface area (Å²) in [6.07, 6.45) is 0. The molecule has 0 fully saturated rings. The first-order chi connectivity index (χ1) is 29.5. The maximum atomic E-state index is 5.19. The highest BCUT2D eigenvalue weighted by Crippen LogP contribution is 2.57. The van der Waals surface area contributed by atoms with E-state index in [2.05, 4.69) is 227 Å². The Hall–Kier alpha value is -6.54. The van der Waals surface area contributed by atoms with E-state index in [-0.39, 0.29) is 0 Å². The summed E-state index contributed by atoms with van der Waals surface area (Å²) in [5.41, 5.74) is 12.3. The molecule has 10 rings (SSSR count). The van der Waals surface area contributed by atoms with Gasteiger partial charge >= 0.3 is 0 Å². The smallest absolute Gasteiger partial charge is 0.164 e. The molecule has 0 N–H and O–H groups in total. The van der Waals surface area contributed by atoms with Gasteiger partial charge in [0.1, 0.15) is 0 Å². The largest absolute Gasteiger partial charge is 0.208 e. The van der Waals surface area contributed by atoms with Gasteiger partial charge in [-0.25, -0.2) is 15.0 Å². The molecule has 8 aromatic carbocycles. The average molecular weight is 820 g/mol. The normalized spacial score (nSPS) is 13.2. The quantitative estimate of drug-likeness (QED) is 0.143. The Bertz CT molecular complexity index is 2960. The fourth-order valence-corrected chi connectivity index (χ4v) is 11.5. The molecule has 61 heavy (non-hydrogen) atoms. The van der Waals surface area contributed by atoms with Gasteiger partial charge in [0.15, 0.2) is 17.5 Å². The number of hydrogen-bond acceptors (Lipinski definition) is 3. The van der Waals surface area contributed by atoms with E-state index in [1.165, 1.54) is 54.5 Å². The Morgan fingerprint density at radius 1 is 0.328 bits per heavy atom.